The molecular weight excluding hydrogens is 322 g/mol. The molecule has 130 valence electrons. The number of anilines is 1. The number of fused-ring (bicyclic) bond motifs is 1. The third-order valence-corrected chi connectivity index (χ3v) is 3.77. The van der Waals surface area contributed by atoms with E-state index in [0.29, 0.717) is 17.0 Å². The van der Waals surface area contributed by atoms with E-state index >= 15 is 0 Å². The molecule has 1 saturated heterocycles. The molecule has 0 aliphatic carbocycles. The molecule has 0 saturated carbocycles. The van der Waals surface area contributed by atoms with Crippen LogP contribution < -0.4 is 10.4 Å². The molecule has 0 unspecified atom stereocenters. The van der Waals surface area contributed by atoms with Gasteiger partial charge < -0.3 is 35.3 Å². The lowest BCUT2D eigenvalue weighted by Gasteiger charge is -2.16. The minimum Gasteiger partial charge on any atom is -0.550 e. The fraction of sp³-hybridized carbons (Fsp3) is 0.538. The molecule has 4 N–H and O–H groups in total. The Morgan fingerprint density at radius 3 is 2.79 bits per heavy atom. The average Bonchev–Trinajstić information content (AvgIpc) is 3.10. The molecule has 1 fully saturated rings. The van der Waals surface area contributed by atoms with Crippen molar-refractivity contribution in [2.75, 3.05) is 18.5 Å². The van der Waals surface area contributed by atoms with Gasteiger partial charge in [-0.05, 0) is 0 Å². The number of aliphatic carboxylic acids is 1. The van der Waals surface area contributed by atoms with Crippen LogP contribution in [-0.2, 0) is 9.53 Å². The predicted octanol–water partition coefficient (Wildman–Crippen LogP) is -3.01. The van der Waals surface area contributed by atoms with Crippen LogP contribution in [-0.4, -0.2) is 72.3 Å². The van der Waals surface area contributed by atoms with Crippen molar-refractivity contribution >= 4 is 23.0 Å². The fourth-order valence-corrected chi connectivity index (χ4v) is 2.56. The quantitative estimate of drug-likeness (QED) is 0.426. The summed E-state index contributed by atoms with van der Waals surface area (Å²) in [4.78, 5) is 22.7. The van der Waals surface area contributed by atoms with Gasteiger partial charge in [0.2, 0.25) is 0 Å². The molecule has 0 spiro atoms. The summed E-state index contributed by atoms with van der Waals surface area (Å²) in [5.74, 6) is -0.864. The topological polar surface area (TPSA) is 166 Å². The van der Waals surface area contributed by atoms with E-state index in [4.69, 9.17) is 9.84 Å². The number of ether oxygens (including phenoxy) is 1. The molecule has 0 radical (unpaired) electrons. The SMILES string of the molecule is O=C([O-])CCNc1ncnc2c1ncn2[C@H]1O[C@@H](CO)[C@@H](O)[C@@H]1O. The Bertz CT molecular complexity index is 737. The molecule has 2 aromatic heterocycles. The van der Waals surface area contributed by atoms with E-state index < -0.39 is 37.1 Å². The summed E-state index contributed by atoms with van der Waals surface area (Å²) in [5.41, 5.74) is 0.685. The molecule has 4 atom stereocenters. The van der Waals surface area contributed by atoms with Crippen molar-refractivity contribution in [1.29, 1.82) is 0 Å². The highest BCUT2D eigenvalue weighted by Gasteiger charge is 2.44. The number of rotatable bonds is 6. The second-order valence-corrected chi connectivity index (χ2v) is 5.32. The van der Waals surface area contributed by atoms with E-state index in [-0.39, 0.29) is 13.0 Å². The van der Waals surface area contributed by atoms with Crippen molar-refractivity contribution in [3.05, 3.63) is 12.7 Å². The molecule has 2 aromatic rings. The maximum Gasteiger partial charge on any atom is 0.167 e. The van der Waals surface area contributed by atoms with E-state index in [1.807, 2.05) is 0 Å². The third-order valence-electron chi connectivity index (χ3n) is 3.77. The number of aliphatic hydroxyl groups excluding tert-OH is 3. The van der Waals surface area contributed by atoms with Crippen molar-refractivity contribution in [3.8, 4) is 0 Å². The van der Waals surface area contributed by atoms with Gasteiger partial charge in [-0.15, -0.1) is 0 Å². The van der Waals surface area contributed by atoms with Crippen molar-refractivity contribution in [1.82, 2.24) is 19.5 Å². The van der Waals surface area contributed by atoms with Gasteiger partial charge in [-0.25, -0.2) is 15.0 Å². The van der Waals surface area contributed by atoms with Crippen LogP contribution in [0.1, 0.15) is 12.6 Å². The number of carbonyl (C=O) groups excluding carboxylic acids is 1. The Kier molecular flexibility index (Phi) is 4.57. The van der Waals surface area contributed by atoms with E-state index in [0.717, 1.165) is 0 Å². The number of hydrogen-bond donors (Lipinski definition) is 4. The van der Waals surface area contributed by atoms with Gasteiger partial charge in [0, 0.05) is 18.9 Å². The summed E-state index contributed by atoms with van der Waals surface area (Å²) in [6.07, 6.45) is -1.95. The van der Waals surface area contributed by atoms with Crippen LogP contribution in [0, 0.1) is 0 Å². The molecule has 1 aliphatic rings. The van der Waals surface area contributed by atoms with Gasteiger partial charge in [-0.3, -0.25) is 4.57 Å². The van der Waals surface area contributed by atoms with Crippen molar-refractivity contribution in [2.45, 2.75) is 31.0 Å². The van der Waals surface area contributed by atoms with E-state index in [1.165, 1.54) is 17.2 Å². The number of carboxylic acids is 1. The molecule has 1 aliphatic heterocycles. The van der Waals surface area contributed by atoms with Crippen LogP contribution in [0.2, 0.25) is 0 Å². The van der Waals surface area contributed by atoms with Gasteiger partial charge in [-0.2, -0.15) is 0 Å². The minimum absolute atomic E-state index is 0.106. The fourth-order valence-electron chi connectivity index (χ4n) is 2.56. The van der Waals surface area contributed by atoms with Gasteiger partial charge in [0.05, 0.1) is 12.9 Å². The molecule has 0 bridgehead atoms. The summed E-state index contributed by atoms with van der Waals surface area (Å²) in [5, 5.41) is 42.4. The summed E-state index contributed by atoms with van der Waals surface area (Å²) in [7, 11) is 0. The summed E-state index contributed by atoms with van der Waals surface area (Å²) >= 11 is 0. The predicted molar refractivity (Wildman–Crippen MR) is 76.4 cm³/mol. The summed E-state index contributed by atoms with van der Waals surface area (Å²) in [6, 6.07) is 0. The number of nitrogens with zero attached hydrogens (tertiary/aromatic N) is 4. The molecule has 3 heterocycles. The smallest absolute Gasteiger partial charge is 0.167 e. The Labute approximate surface area is 135 Å². The van der Waals surface area contributed by atoms with Crippen molar-refractivity contribution < 1.29 is 30.0 Å². The first-order valence-electron chi connectivity index (χ1n) is 7.26. The standard InChI is InChI=1S/C13H17N5O6/c19-3-6-9(22)10(23)13(24-6)18-5-17-8-11(14-2-1-7(20)21)15-4-16-12(8)18/h4-6,9-10,13,19,22-23H,1-3H2,(H,20,21)(H,14,15,16)/p-1/t6-,9+,10-,13-/m0/s1. The molecule has 0 aromatic carbocycles. The number of carbonyl (C=O) groups is 1. The van der Waals surface area contributed by atoms with Gasteiger partial charge in [-0.1, -0.05) is 0 Å². The second kappa shape index (κ2) is 6.65. The Balaban J connectivity index is 1.87. The van der Waals surface area contributed by atoms with Gasteiger partial charge >= 0.3 is 0 Å². The van der Waals surface area contributed by atoms with Crippen LogP contribution in [0.25, 0.3) is 11.2 Å². The Morgan fingerprint density at radius 2 is 2.12 bits per heavy atom. The van der Waals surface area contributed by atoms with Crippen LogP contribution in [0.5, 0.6) is 0 Å². The Hall–Kier alpha value is -2.34. The highest BCUT2D eigenvalue weighted by molar-refractivity contribution is 5.82. The molecule has 0 amide bonds. The van der Waals surface area contributed by atoms with Crippen molar-refractivity contribution in [2.24, 2.45) is 0 Å². The third kappa shape index (κ3) is 2.89. The summed E-state index contributed by atoms with van der Waals surface area (Å²) in [6.45, 7) is -0.332. The lowest BCUT2D eigenvalue weighted by molar-refractivity contribution is -0.305. The van der Waals surface area contributed by atoms with Gasteiger partial charge in [0.1, 0.15) is 24.6 Å². The first-order valence-corrected chi connectivity index (χ1v) is 7.26. The zero-order valence-electron chi connectivity index (χ0n) is 12.4. The summed E-state index contributed by atoms with van der Waals surface area (Å²) < 4.78 is 6.87. The maximum absolute atomic E-state index is 10.5. The monoisotopic (exact) mass is 338 g/mol. The number of aliphatic hydroxyl groups is 3. The second-order valence-electron chi connectivity index (χ2n) is 5.32. The number of imidazole rings is 1. The van der Waals surface area contributed by atoms with Crippen LogP contribution >= 0.6 is 0 Å². The average molecular weight is 338 g/mol. The number of nitrogens with one attached hydrogen (secondary N) is 1. The van der Waals surface area contributed by atoms with Crippen LogP contribution in [0.3, 0.4) is 0 Å². The minimum atomic E-state index is -1.26. The lowest BCUT2D eigenvalue weighted by Crippen LogP contribution is -2.33. The molecule has 11 heteroatoms. The number of aromatic nitrogens is 4. The molecule has 11 nitrogen and oxygen atoms in total. The normalized spacial score (nSPS) is 26.8. The van der Waals surface area contributed by atoms with Crippen molar-refractivity contribution in [3.63, 3.8) is 0 Å². The molecule has 24 heavy (non-hydrogen) atoms. The van der Waals surface area contributed by atoms with Crippen LogP contribution in [0.4, 0.5) is 5.82 Å². The zero-order chi connectivity index (χ0) is 17.3. The highest BCUT2D eigenvalue weighted by Crippen LogP contribution is 2.31. The van der Waals surface area contributed by atoms with Gasteiger partial charge in [0.15, 0.2) is 23.2 Å². The largest absolute Gasteiger partial charge is 0.550 e. The van der Waals surface area contributed by atoms with Gasteiger partial charge in [0.25, 0.3) is 0 Å². The molecular formula is C13H16N5O6-. The zero-order valence-corrected chi connectivity index (χ0v) is 12.4. The molecule has 3 rings (SSSR count). The highest BCUT2D eigenvalue weighted by atomic mass is 16.6. The number of carboxylic acid groups (broad SMARTS) is 1. The van der Waals surface area contributed by atoms with Crippen LogP contribution in [0.15, 0.2) is 12.7 Å². The van der Waals surface area contributed by atoms with E-state index in [2.05, 4.69) is 20.3 Å². The Morgan fingerprint density at radius 1 is 1.33 bits per heavy atom. The first-order chi connectivity index (χ1) is 11.5. The first kappa shape index (κ1) is 16.5. The van der Waals surface area contributed by atoms with E-state index in [9.17, 15) is 20.1 Å². The maximum atomic E-state index is 10.5. The van der Waals surface area contributed by atoms with E-state index in [1.54, 1.807) is 0 Å². The number of hydrogen-bond acceptors (Lipinski definition) is 10. The lowest BCUT2D eigenvalue weighted by atomic mass is 10.1.